The standard InChI is InChI=1S/C15H26F3N3O4.C13H27N3O3/c1-3-5-9-25-19-11-6-7-12(13(22)20-24-8-4-2)21(10-11)14(23)15(16,17)18;1-3-5-9-19-15-11-6-7-12(14-10-11)13(17)16-18-8-4-2/h11-12,19H,3-10H2,1-2H3,(H,20,22);11-12,14-15H,3-10H2,1-2H3,(H,16,17)/t2*11-,12+/m11/s1. The van der Waals surface area contributed by atoms with Crippen molar-refractivity contribution < 1.29 is 46.9 Å². The first-order chi connectivity index (χ1) is 21.1. The first-order valence-electron chi connectivity index (χ1n) is 15.8. The van der Waals surface area contributed by atoms with E-state index in [0.29, 0.717) is 31.0 Å². The van der Waals surface area contributed by atoms with Crippen LogP contribution in [0.3, 0.4) is 0 Å². The van der Waals surface area contributed by atoms with Crippen molar-refractivity contribution in [3.63, 3.8) is 0 Å². The third-order valence-electron chi connectivity index (χ3n) is 6.78. The average molecular weight is 643 g/mol. The summed E-state index contributed by atoms with van der Waals surface area (Å²) >= 11 is 0. The van der Waals surface area contributed by atoms with Crippen LogP contribution in [-0.2, 0) is 33.7 Å². The second kappa shape index (κ2) is 23.3. The van der Waals surface area contributed by atoms with Gasteiger partial charge in [0, 0.05) is 25.2 Å². The quantitative estimate of drug-likeness (QED) is 0.112. The smallest absolute Gasteiger partial charge is 0.321 e. The van der Waals surface area contributed by atoms with Crippen LogP contribution in [-0.4, -0.2) is 92.5 Å². The van der Waals surface area contributed by atoms with Crippen molar-refractivity contribution in [1.82, 2.24) is 32.1 Å². The molecule has 2 saturated heterocycles. The summed E-state index contributed by atoms with van der Waals surface area (Å²) in [6.07, 6.45) is 2.59. The number of rotatable bonds is 18. The zero-order chi connectivity index (χ0) is 32.8. The van der Waals surface area contributed by atoms with Gasteiger partial charge in [-0.05, 0) is 51.4 Å². The zero-order valence-electron chi connectivity index (χ0n) is 26.6. The van der Waals surface area contributed by atoms with Gasteiger partial charge in [0.15, 0.2) is 0 Å². The molecule has 0 unspecified atom stereocenters. The van der Waals surface area contributed by atoms with Gasteiger partial charge in [-0.15, -0.1) is 0 Å². The van der Waals surface area contributed by atoms with Gasteiger partial charge in [0.2, 0.25) is 0 Å². The van der Waals surface area contributed by atoms with E-state index in [-0.39, 0.29) is 37.6 Å². The minimum atomic E-state index is -5.05. The maximum absolute atomic E-state index is 12.9. The Kier molecular flexibility index (Phi) is 21.1. The summed E-state index contributed by atoms with van der Waals surface area (Å²) in [4.78, 5) is 56.5. The Morgan fingerprint density at radius 3 is 1.77 bits per heavy atom. The lowest BCUT2D eigenvalue weighted by Crippen LogP contribution is -2.60. The van der Waals surface area contributed by atoms with Crippen LogP contribution in [0.15, 0.2) is 0 Å². The molecule has 0 aromatic rings. The summed E-state index contributed by atoms with van der Waals surface area (Å²) in [5.74, 6) is -2.88. The number of hydroxylamine groups is 4. The summed E-state index contributed by atoms with van der Waals surface area (Å²) in [5.41, 5.74) is 10.3. The van der Waals surface area contributed by atoms with Crippen LogP contribution < -0.4 is 27.2 Å². The second-order valence-corrected chi connectivity index (χ2v) is 10.7. The number of nitrogens with zero attached hydrogens (tertiary/aromatic N) is 1. The van der Waals surface area contributed by atoms with Gasteiger partial charge in [0.1, 0.15) is 6.04 Å². The largest absolute Gasteiger partial charge is 0.471 e. The molecule has 0 spiro atoms. The Balaban J connectivity index is 0.000000457. The van der Waals surface area contributed by atoms with Gasteiger partial charge in [-0.25, -0.2) is 11.0 Å². The summed E-state index contributed by atoms with van der Waals surface area (Å²) in [5, 5.41) is 3.20. The summed E-state index contributed by atoms with van der Waals surface area (Å²) in [6, 6.07) is -1.58. The molecule has 0 saturated carbocycles. The lowest BCUT2D eigenvalue weighted by molar-refractivity contribution is -0.192. The fourth-order valence-corrected chi connectivity index (χ4v) is 4.28. The minimum absolute atomic E-state index is 0.0813. The van der Waals surface area contributed by atoms with Crippen molar-refractivity contribution in [1.29, 1.82) is 0 Å². The van der Waals surface area contributed by atoms with Crippen LogP contribution in [0.2, 0.25) is 0 Å². The first-order valence-corrected chi connectivity index (χ1v) is 15.8. The van der Waals surface area contributed by atoms with Gasteiger partial charge in [-0.1, -0.05) is 40.5 Å². The molecule has 0 aromatic carbocycles. The number of halogens is 3. The van der Waals surface area contributed by atoms with E-state index in [0.717, 1.165) is 58.1 Å². The van der Waals surface area contributed by atoms with Crippen LogP contribution in [0, 0.1) is 0 Å². The predicted octanol–water partition coefficient (Wildman–Crippen LogP) is 2.57. The molecular formula is C28H53F3N6O7. The van der Waals surface area contributed by atoms with Gasteiger partial charge in [-0.3, -0.25) is 24.1 Å². The molecule has 258 valence electrons. The van der Waals surface area contributed by atoms with Crippen LogP contribution >= 0.6 is 0 Å². The van der Waals surface area contributed by atoms with E-state index >= 15 is 0 Å². The Bertz CT molecular complexity index is 804. The molecule has 2 aliphatic heterocycles. The molecule has 13 nitrogen and oxygen atoms in total. The maximum Gasteiger partial charge on any atom is 0.471 e. The normalized spacial score (nSPS) is 22.1. The number of alkyl halides is 3. The lowest BCUT2D eigenvalue weighted by atomic mass is 9.98. The van der Waals surface area contributed by atoms with Gasteiger partial charge in [-0.2, -0.15) is 24.1 Å². The molecule has 0 bridgehead atoms. The number of amides is 3. The van der Waals surface area contributed by atoms with E-state index < -0.39 is 30.1 Å². The Morgan fingerprint density at radius 1 is 0.727 bits per heavy atom. The molecule has 16 heteroatoms. The minimum Gasteiger partial charge on any atom is -0.321 e. The molecule has 3 amide bonds. The summed E-state index contributed by atoms with van der Waals surface area (Å²) < 4.78 is 38.6. The van der Waals surface area contributed by atoms with Crippen molar-refractivity contribution in [2.75, 3.05) is 39.5 Å². The van der Waals surface area contributed by atoms with E-state index in [1.807, 2.05) is 20.8 Å². The first kappa shape index (κ1) is 39.9. The summed E-state index contributed by atoms with van der Waals surface area (Å²) in [7, 11) is 0. The van der Waals surface area contributed by atoms with Crippen molar-refractivity contribution >= 4 is 17.7 Å². The molecule has 0 aromatic heterocycles. The van der Waals surface area contributed by atoms with Crippen LogP contribution in [0.5, 0.6) is 0 Å². The molecule has 2 aliphatic rings. The highest BCUT2D eigenvalue weighted by Gasteiger charge is 2.48. The van der Waals surface area contributed by atoms with Crippen LogP contribution in [0.4, 0.5) is 13.2 Å². The Morgan fingerprint density at radius 2 is 1.27 bits per heavy atom. The van der Waals surface area contributed by atoms with Gasteiger partial charge >= 0.3 is 12.1 Å². The van der Waals surface area contributed by atoms with E-state index in [4.69, 9.17) is 19.4 Å². The average Bonchev–Trinajstić information content (AvgIpc) is 3.01. The summed E-state index contributed by atoms with van der Waals surface area (Å²) in [6.45, 7) is 10.4. The third kappa shape index (κ3) is 16.3. The molecule has 4 atom stereocenters. The Labute approximate surface area is 258 Å². The SMILES string of the molecule is CCCCON[C@@H]1CC[C@@H](C(=O)NOCCC)N(C(=O)C(F)(F)F)C1.CCCCON[C@@H]1CC[C@@H](C(=O)NOCCC)NC1. The number of likely N-dealkylation sites (tertiary alicyclic amines) is 1. The van der Waals surface area contributed by atoms with Crippen molar-refractivity contribution in [2.24, 2.45) is 0 Å². The zero-order valence-corrected chi connectivity index (χ0v) is 26.6. The third-order valence-corrected chi connectivity index (χ3v) is 6.78. The monoisotopic (exact) mass is 642 g/mol. The van der Waals surface area contributed by atoms with Gasteiger partial charge in [0.25, 0.3) is 11.8 Å². The van der Waals surface area contributed by atoms with Crippen molar-refractivity contribution in [3.8, 4) is 0 Å². The van der Waals surface area contributed by atoms with E-state index in [1.54, 1.807) is 0 Å². The lowest BCUT2D eigenvalue weighted by Gasteiger charge is -2.38. The molecule has 0 radical (unpaired) electrons. The van der Waals surface area contributed by atoms with Crippen LogP contribution in [0.25, 0.3) is 0 Å². The van der Waals surface area contributed by atoms with Crippen molar-refractivity contribution in [2.45, 2.75) is 122 Å². The van der Waals surface area contributed by atoms with E-state index in [9.17, 15) is 27.6 Å². The van der Waals surface area contributed by atoms with E-state index in [2.05, 4.69) is 34.2 Å². The van der Waals surface area contributed by atoms with Gasteiger partial charge in [0.05, 0.1) is 32.5 Å². The van der Waals surface area contributed by atoms with E-state index in [1.165, 1.54) is 0 Å². The molecule has 2 rings (SSSR count). The number of nitrogens with one attached hydrogen (secondary N) is 5. The van der Waals surface area contributed by atoms with Crippen LogP contribution in [0.1, 0.15) is 91.9 Å². The number of unbranched alkanes of at least 4 members (excludes halogenated alkanes) is 2. The predicted molar refractivity (Wildman–Crippen MR) is 156 cm³/mol. The molecule has 2 heterocycles. The number of hydrogen-bond acceptors (Lipinski definition) is 10. The number of hydrogen-bond donors (Lipinski definition) is 5. The fourth-order valence-electron chi connectivity index (χ4n) is 4.28. The number of piperidine rings is 2. The van der Waals surface area contributed by atoms with Gasteiger partial charge < -0.3 is 19.9 Å². The highest BCUT2D eigenvalue weighted by molar-refractivity contribution is 5.89. The molecule has 5 N–H and O–H groups in total. The molecular weight excluding hydrogens is 589 g/mol. The molecule has 2 fully saturated rings. The molecule has 44 heavy (non-hydrogen) atoms. The Hall–Kier alpha value is -2.08. The number of carbonyl (C=O) groups is 3. The maximum atomic E-state index is 12.9. The number of carbonyl (C=O) groups excluding carboxylic acids is 3. The second-order valence-electron chi connectivity index (χ2n) is 10.7. The van der Waals surface area contributed by atoms with Crippen molar-refractivity contribution in [3.05, 3.63) is 0 Å². The topological polar surface area (TPSA) is 152 Å². The highest BCUT2D eigenvalue weighted by atomic mass is 19.4. The highest BCUT2D eigenvalue weighted by Crippen LogP contribution is 2.25. The molecule has 0 aliphatic carbocycles. The fraction of sp³-hybridized carbons (Fsp3) is 0.893.